The van der Waals surface area contributed by atoms with Crippen molar-refractivity contribution in [1.82, 2.24) is 0 Å². The fourth-order valence-electron chi connectivity index (χ4n) is 0.748. The zero-order valence-corrected chi connectivity index (χ0v) is 7.93. The molecule has 1 atom stereocenters. The summed E-state index contributed by atoms with van der Waals surface area (Å²) in [6, 6.07) is 6.85. The molecule has 0 aromatic heterocycles. The van der Waals surface area contributed by atoms with Crippen LogP contribution in [0.3, 0.4) is 0 Å². The summed E-state index contributed by atoms with van der Waals surface area (Å²) in [5.41, 5.74) is 1.50. The Kier molecular flexibility index (Phi) is 3.08. The van der Waals surface area contributed by atoms with Gasteiger partial charge >= 0.3 is 0 Å². The van der Waals surface area contributed by atoms with Crippen LogP contribution in [0, 0.1) is 6.92 Å². The maximum Gasteiger partial charge on any atom is 0.0665 e. The molecule has 0 aliphatic heterocycles. The van der Waals surface area contributed by atoms with E-state index in [0.717, 1.165) is 5.56 Å². The van der Waals surface area contributed by atoms with Gasteiger partial charge in [0, 0.05) is 11.8 Å². The Bertz CT molecular complexity index is 288. The third kappa shape index (κ3) is 2.20. The number of rotatable bonds is 2. The number of halogens is 1. The minimum atomic E-state index is -2.42. The Morgan fingerprint density at radius 3 is 2.33 bits per heavy atom. The third-order valence-corrected chi connectivity index (χ3v) is 2.37. The smallest absolute Gasteiger partial charge is 0.0665 e. The van der Waals surface area contributed by atoms with E-state index >= 15 is 0 Å². The first kappa shape index (κ1) is 9.51. The summed E-state index contributed by atoms with van der Waals surface area (Å²) in [4.78, 5) is 0. The molecule has 0 amide bonds. The summed E-state index contributed by atoms with van der Waals surface area (Å²) in [7, 11) is 0. The highest BCUT2D eigenvalue weighted by atomic mass is 35.5. The first-order valence-electron chi connectivity index (χ1n) is 3.23. The lowest BCUT2D eigenvalue weighted by Crippen LogP contribution is -2.12. The SMILES string of the molecule is Cc1ccc(N(Cl)S(=O)[O-])cc1. The lowest BCUT2D eigenvalue weighted by Gasteiger charge is -2.17. The molecule has 66 valence electrons. The van der Waals surface area contributed by atoms with Gasteiger partial charge in [0.1, 0.15) is 0 Å². The molecule has 0 fully saturated rings. The van der Waals surface area contributed by atoms with Gasteiger partial charge in [-0.25, -0.2) is 3.82 Å². The Balaban J connectivity index is 2.89. The van der Waals surface area contributed by atoms with E-state index in [0.29, 0.717) is 9.51 Å². The second kappa shape index (κ2) is 3.89. The predicted molar refractivity (Wildman–Crippen MR) is 48.4 cm³/mol. The van der Waals surface area contributed by atoms with Crippen LogP contribution in [0.5, 0.6) is 0 Å². The van der Waals surface area contributed by atoms with Crippen molar-refractivity contribution in [1.29, 1.82) is 0 Å². The van der Waals surface area contributed by atoms with Crippen LogP contribution in [-0.4, -0.2) is 8.76 Å². The first-order chi connectivity index (χ1) is 5.61. The van der Waals surface area contributed by atoms with Gasteiger partial charge < -0.3 is 4.55 Å². The van der Waals surface area contributed by atoms with Gasteiger partial charge in [0.25, 0.3) is 0 Å². The molecule has 1 aromatic carbocycles. The number of hydrogen-bond acceptors (Lipinski definition) is 2. The highest BCUT2D eigenvalue weighted by molar-refractivity contribution is 7.82. The van der Waals surface area contributed by atoms with Gasteiger partial charge in [0.15, 0.2) is 0 Å². The highest BCUT2D eigenvalue weighted by Gasteiger charge is 2.01. The Morgan fingerprint density at radius 1 is 1.42 bits per heavy atom. The molecular weight excluding hydrogens is 198 g/mol. The van der Waals surface area contributed by atoms with Crippen molar-refractivity contribution in [2.75, 3.05) is 3.82 Å². The highest BCUT2D eigenvalue weighted by Crippen LogP contribution is 2.17. The molecule has 1 aromatic rings. The van der Waals surface area contributed by atoms with E-state index in [9.17, 15) is 8.76 Å². The zero-order valence-electron chi connectivity index (χ0n) is 6.36. The van der Waals surface area contributed by atoms with Crippen molar-refractivity contribution in [3.8, 4) is 0 Å². The molecule has 0 radical (unpaired) electrons. The van der Waals surface area contributed by atoms with Crippen molar-refractivity contribution >= 4 is 28.7 Å². The Morgan fingerprint density at radius 2 is 1.92 bits per heavy atom. The van der Waals surface area contributed by atoms with Crippen molar-refractivity contribution < 1.29 is 8.76 Å². The second-order valence-electron chi connectivity index (χ2n) is 2.30. The van der Waals surface area contributed by atoms with Gasteiger partial charge in [0.2, 0.25) is 0 Å². The van der Waals surface area contributed by atoms with Crippen LogP contribution in [-0.2, 0) is 11.3 Å². The van der Waals surface area contributed by atoms with Crippen LogP contribution in [0.15, 0.2) is 24.3 Å². The maximum atomic E-state index is 10.4. The number of nitrogens with zero attached hydrogens (tertiary/aromatic N) is 1. The van der Waals surface area contributed by atoms with Crippen molar-refractivity contribution in [3.63, 3.8) is 0 Å². The Labute approximate surface area is 78.5 Å². The van der Waals surface area contributed by atoms with Crippen LogP contribution >= 0.6 is 11.8 Å². The van der Waals surface area contributed by atoms with Crippen molar-refractivity contribution in [2.24, 2.45) is 0 Å². The topological polar surface area (TPSA) is 43.4 Å². The zero-order chi connectivity index (χ0) is 9.14. The van der Waals surface area contributed by atoms with Gasteiger partial charge in [-0.15, -0.1) is 0 Å². The minimum absolute atomic E-state index is 0.440. The molecular formula is C7H7ClNO2S-. The van der Waals surface area contributed by atoms with Gasteiger partial charge in [-0.2, -0.15) is 0 Å². The van der Waals surface area contributed by atoms with E-state index in [2.05, 4.69) is 0 Å². The fraction of sp³-hybridized carbons (Fsp3) is 0.143. The van der Waals surface area contributed by atoms with E-state index < -0.39 is 11.3 Å². The molecule has 0 spiro atoms. The molecule has 1 rings (SSSR count). The average molecular weight is 205 g/mol. The summed E-state index contributed by atoms with van der Waals surface area (Å²) in [5, 5.41) is 0. The van der Waals surface area contributed by atoms with Crippen LogP contribution in [0.4, 0.5) is 5.69 Å². The van der Waals surface area contributed by atoms with Crippen LogP contribution in [0.2, 0.25) is 0 Å². The van der Waals surface area contributed by atoms with E-state index in [1.165, 1.54) is 0 Å². The number of aryl methyl sites for hydroxylation is 1. The summed E-state index contributed by atoms with van der Waals surface area (Å²) in [6.07, 6.45) is 0. The molecule has 5 heteroatoms. The quantitative estimate of drug-likeness (QED) is 0.544. The Hall–Kier alpha value is -0.580. The molecule has 12 heavy (non-hydrogen) atoms. The van der Waals surface area contributed by atoms with Crippen LogP contribution in [0.25, 0.3) is 0 Å². The largest absolute Gasteiger partial charge is 0.754 e. The monoisotopic (exact) mass is 204 g/mol. The number of anilines is 1. The molecule has 0 saturated carbocycles. The van der Waals surface area contributed by atoms with Crippen LogP contribution < -0.4 is 3.82 Å². The van der Waals surface area contributed by atoms with Crippen molar-refractivity contribution in [3.05, 3.63) is 29.8 Å². The van der Waals surface area contributed by atoms with E-state index in [1.807, 2.05) is 6.92 Å². The maximum absolute atomic E-state index is 10.4. The molecule has 0 aliphatic rings. The second-order valence-corrected chi connectivity index (χ2v) is 3.64. The summed E-state index contributed by atoms with van der Waals surface area (Å²) < 4.78 is 21.4. The molecule has 0 bridgehead atoms. The van der Waals surface area contributed by atoms with E-state index in [-0.39, 0.29) is 0 Å². The average Bonchev–Trinajstić information content (AvgIpc) is 2.04. The molecule has 3 nitrogen and oxygen atoms in total. The molecule has 0 saturated heterocycles. The normalized spacial score (nSPS) is 12.6. The fourth-order valence-corrected chi connectivity index (χ4v) is 1.15. The number of hydrogen-bond donors (Lipinski definition) is 0. The van der Waals surface area contributed by atoms with Crippen molar-refractivity contribution in [2.45, 2.75) is 6.92 Å². The van der Waals surface area contributed by atoms with E-state index in [1.54, 1.807) is 24.3 Å². The minimum Gasteiger partial charge on any atom is -0.754 e. The predicted octanol–water partition coefficient (Wildman–Crippen LogP) is 1.75. The lowest BCUT2D eigenvalue weighted by atomic mass is 10.2. The summed E-state index contributed by atoms with van der Waals surface area (Å²) >= 11 is 2.99. The van der Waals surface area contributed by atoms with Gasteiger partial charge in [-0.05, 0) is 19.1 Å². The van der Waals surface area contributed by atoms with Crippen LogP contribution in [0.1, 0.15) is 5.56 Å². The van der Waals surface area contributed by atoms with Gasteiger partial charge in [-0.3, -0.25) is 4.21 Å². The van der Waals surface area contributed by atoms with Gasteiger partial charge in [0.05, 0.1) is 17.0 Å². The molecule has 0 N–H and O–H groups in total. The first-order valence-corrected chi connectivity index (χ1v) is 4.60. The molecule has 0 heterocycles. The third-order valence-electron chi connectivity index (χ3n) is 1.37. The summed E-state index contributed by atoms with van der Waals surface area (Å²) in [6.45, 7) is 1.91. The molecule has 0 aliphatic carbocycles. The van der Waals surface area contributed by atoms with E-state index in [4.69, 9.17) is 11.8 Å². The lowest BCUT2D eigenvalue weighted by molar-refractivity contribution is 0.539. The molecule has 1 unspecified atom stereocenters. The standard InChI is InChI=1S/C7H8ClNO2S/c1-6-2-4-7(5-3-6)9(8)12(10)11/h2-5H,1H3,(H,10,11)/p-1. The van der Waals surface area contributed by atoms with Gasteiger partial charge in [-0.1, -0.05) is 17.7 Å². The number of benzene rings is 1. The summed E-state index contributed by atoms with van der Waals surface area (Å²) in [5.74, 6) is 0.